The Labute approximate surface area is 90.7 Å². The van der Waals surface area contributed by atoms with Gasteiger partial charge >= 0.3 is 0 Å². The van der Waals surface area contributed by atoms with Gasteiger partial charge in [-0.05, 0) is 32.0 Å². The lowest BCUT2D eigenvalue weighted by Crippen LogP contribution is -2.30. The number of aliphatic hydroxyl groups is 1. The van der Waals surface area contributed by atoms with E-state index in [1.807, 2.05) is 25.3 Å². The van der Waals surface area contributed by atoms with Gasteiger partial charge in [0.15, 0.2) is 0 Å². The number of nitrogens with zero attached hydrogens (tertiary/aromatic N) is 1. The number of aromatic nitrogens is 1. The Morgan fingerprint density at radius 2 is 2.33 bits per heavy atom. The highest BCUT2D eigenvalue weighted by molar-refractivity contribution is 5.39. The van der Waals surface area contributed by atoms with Crippen LogP contribution in [-0.4, -0.2) is 35.8 Å². The van der Waals surface area contributed by atoms with Crippen LogP contribution in [0.15, 0.2) is 24.5 Å². The summed E-state index contributed by atoms with van der Waals surface area (Å²) in [6, 6.07) is 4.09. The zero-order valence-corrected chi connectivity index (χ0v) is 9.11. The van der Waals surface area contributed by atoms with E-state index in [2.05, 4.69) is 15.6 Å². The SMILES string of the molecule is C[C@@H](CO)NCCCNc1cccnc1. The van der Waals surface area contributed by atoms with Gasteiger partial charge < -0.3 is 15.7 Å². The lowest BCUT2D eigenvalue weighted by molar-refractivity contribution is 0.252. The molecule has 3 N–H and O–H groups in total. The van der Waals surface area contributed by atoms with Crippen LogP contribution >= 0.6 is 0 Å². The van der Waals surface area contributed by atoms with Crippen molar-refractivity contribution in [1.82, 2.24) is 10.3 Å². The first kappa shape index (κ1) is 11.9. The molecule has 0 unspecified atom stereocenters. The van der Waals surface area contributed by atoms with Gasteiger partial charge in [-0.3, -0.25) is 4.98 Å². The molecule has 0 saturated carbocycles. The van der Waals surface area contributed by atoms with Crippen LogP contribution in [-0.2, 0) is 0 Å². The van der Waals surface area contributed by atoms with Gasteiger partial charge in [-0.15, -0.1) is 0 Å². The summed E-state index contributed by atoms with van der Waals surface area (Å²) in [5.41, 5.74) is 1.05. The maximum atomic E-state index is 8.78. The smallest absolute Gasteiger partial charge is 0.0581 e. The van der Waals surface area contributed by atoms with Crippen molar-refractivity contribution in [1.29, 1.82) is 0 Å². The van der Waals surface area contributed by atoms with Gasteiger partial charge in [0, 0.05) is 25.0 Å². The van der Waals surface area contributed by atoms with Crippen molar-refractivity contribution in [2.45, 2.75) is 19.4 Å². The summed E-state index contributed by atoms with van der Waals surface area (Å²) in [7, 11) is 0. The fourth-order valence-corrected chi connectivity index (χ4v) is 1.20. The first-order valence-corrected chi connectivity index (χ1v) is 5.31. The Kier molecular flexibility index (Phi) is 5.73. The molecule has 1 aromatic heterocycles. The van der Waals surface area contributed by atoms with E-state index in [1.165, 1.54) is 0 Å². The van der Waals surface area contributed by atoms with E-state index >= 15 is 0 Å². The summed E-state index contributed by atoms with van der Waals surface area (Å²) in [4.78, 5) is 4.01. The van der Waals surface area contributed by atoms with Crippen molar-refractivity contribution >= 4 is 5.69 Å². The predicted octanol–water partition coefficient (Wildman–Crippen LogP) is 0.854. The third-order valence-electron chi connectivity index (χ3n) is 2.11. The lowest BCUT2D eigenvalue weighted by atomic mass is 10.3. The second-order valence-electron chi connectivity index (χ2n) is 3.56. The Morgan fingerprint density at radius 3 is 3.00 bits per heavy atom. The number of rotatable bonds is 7. The second kappa shape index (κ2) is 7.20. The molecule has 0 spiro atoms. The largest absolute Gasteiger partial charge is 0.395 e. The molecule has 4 nitrogen and oxygen atoms in total. The number of nitrogens with one attached hydrogen (secondary N) is 2. The third-order valence-corrected chi connectivity index (χ3v) is 2.11. The Balaban J connectivity index is 2.03. The van der Waals surface area contributed by atoms with E-state index in [4.69, 9.17) is 5.11 Å². The first-order chi connectivity index (χ1) is 7.33. The fourth-order valence-electron chi connectivity index (χ4n) is 1.20. The normalized spacial score (nSPS) is 12.4. The van der Waals surface area contributed by atoms with Crippen molar-refractivity contribution in [3.63, 3.8) is 0 Å². The first-order valence-electron chi connectivity index (χ1n) is 5.31. The minimum Gasteiger partial charge on any atom is -0.395 e. The Hall–Kier alpha value is -1.13. The molecule has 1 heterocycles. The molecule has 0 bridgehead atoms. The molecule has 1 atom stereocenters. The maximum Gasteiger partial charge on any atom is 0.0581 e. The molecule has 0 radical (unpaired) electrons. The Bertz CT molecular complexity index is 253. The standard InChI is InChI=1S/C11H19N3O/c1-10(9-15)13-6-3-7-14-11-4-2-5-12-8-11/h2,4-5,8,10,13-15H,3,6-7,9H2,1H3/t10-/m0/s1. The van der Waals surface area contributed by atoms with Gasteiger partial charge in [-0.1, -0.05) is 0 Å². The highest BCUT2D eigenvalue weighted by Gasteiger charge is 1.96. The molecule has 0 aliphatic heterocycles. The number of hydrogen-bond acceptors (Lipinski definition) is 4. The van der Waals surface area contributed by atoms with Crippen molar-refractivity contribution in [2.75, 3.05) is 25.0 Å². The van der Waals surface area contributed by atoms with E-state index in [0.717, 1.165) is 25.2 Å². The summed E-state index contributed by atoms with van der Waals surface area (Å²) in [6.07, 6.45) is 4.60. The number of anilines is 1. The molecule has 0 fully saturated rings. The molecular weight excluding hydrogens is 190 g/mol. The van der Waals surface area contributed by atoms with Gasteiger partial charge in [-0.2, -0.15) is 0 Å². The van der Waals surface area contributed by atoms with E-state index in [9.17, 15) is 0 Å². The number of aliphatic hydroxyl groups excluding tert-OH is 1. The van der Waals surface area contributed by atoms with Crippen LogP contribution in [0.2, 0.25) is 0 Å². The van der Waals surface area contributed by atoms with E-state index in [0.29, 0.717) is 0 Å². The molecular formula is C11H19N3O. The summed E-state index contributed by atoms with van der Waals surface area (Å²) in [5.74, 6) is 0. The highest BCUT2D eigenvalue weighted by atomic mass is 16.3. The van der Waals surface area contributed by atoms with Crippen LogP contribution in [0, 0.1) is 0 Å². The van der Waals surface area contributed by atoms with Crippen molar-refractivity contribution in [3.05, 3.63) is 24.5 Å². The zero-order valence-electron chi connectivity index (χ0n) is 9.11. The van der Waals surface area contributed by atoms with Crippen LogP contribution in [0.3, 0.4) is 0 Å². The van der Waals surface area contributed by atoms with Crippen LogP contribution < -0.4 is 10.6 Å². The highest BCUT2D eigenvalue weighted by Crippen LogP contribution is 2.01. The van der Waals surface area contributed by atoms with Crippen molar-refractivity contribution < 1.29 is 5.11 Å². The molecule has 0 aliphatic rings. The minimum absolute atomic E-state index is 0.184. The predicted molar refractivity (Wildman–Crippen MR) is 61.9 cm³/mol. The van der Waals surface area contributed by atoms with E-state index in [1.54, 1.807) is 6.20 Å². The molecule has 0 saturated heterocycles. The van der Waals surface area contributed by atoms with Gasteiger partial charge in [0.25, 0.3) is 0 Å². The quantitative estimate of drug-likeness (QED) is 0.583. The topological polar surface area (TPSA) is 57.2 Å². The van der Waals surface area contributed by atoms with Crippen LogP contribution in [0.1, 0.15) is 13.3 Å². The maximum absolute atomic E-state index is 8.78. The second-order valence-corrected chi connectivity index (χ2v) is 3.56. The van der Waals surface area contributed by atoms with Crippen molar-refractivity contribution in [2.24, 2.45) is 0 Å². The molecule has 4 heteroatoms. The van der Waals surface area contributed by atoms with Gasteiger partial charge in [0.05, 0.1) is 12.3 Å². The fraction of sp³-hybridized carbons (Fsp3) is 0.545. The average Bonchev–Trinajstić information content (AvgIpc) is 2.29. The van der Waals surface area contributed by atoms with Crippen LogP contribution in [0.4, 0.5) is 5.69 Å². The number of pyridine rings is 1. The summed E-state index contributed by atoms with van der Waals surface area (Å²) < 4.78 is 0. The molecule has 1 rings (SSSR count). The van der Waals surface area contributed by atoms with E-state index in [-0.39, 0.29) is 12.6 Å². The van der Waals surface area contributed by atoms with Gasteiger partial charge in [0.1, 0.15) is 0 Å². The molecule has 1 aromatic rings. The summed E-state index contributed by atoms with van der Waals surface area (Å²) in [5, 5.41) is 15.3. The molecule has 84 valence electrons. The summed E-state index contributed by atoms with van der Waals surface area (Å²) >= 11 is 0. The molecule has 15 heavy (non-hydrogen) atoms. The van der Waals surface area contributed by atoms with Gasteiger partial charge in [0.2, 0.25) is 0 Å². The Morgan fingerprint density at radius 1 is 1.47 bits per heavy atom. The van der Waals surface area contributed by atoms with Crippen LogP contribution in [0.5, 0.6) is 0 Å². The minimum atomic E-state index is 0.184. The summed E-state index contributed by atoms with van der Waals surface area (Å²) in [6.45, 7) is 3.98. The molecule has 0 aromatic carbocycles. The average molecular weight is 209 g/mol. The molecule has 0 aliphatic carbocycles. The van der Waals surface area contributed by atoms with Crippen LogP contribution in [0.25, 0.3) is 0 Å². The monoisotopic (exact) mass is 209 g/mol. The third kappa shape index (κ3) is 5.34. The van der Waals surface area contributed by atoms with E-state index < -0.39 is 0 Å². The number of hydrogen-bond donors (Lipinski definition) is 3. The lowest BCUT2D eigenvalue weighted by Gasteiger charge is -2.10. The molecule has 0 amide bonds. The zero-order chi connectivity index (χ0) is 10.9. The van der Waals surface area contributed by atoms with Gasteiger partial charge in [-0.25, -0.2) is 0 Å². The van der Waals surface area contributed by atoms with Crippen molar-refractivity contribution in [3.8, 4) is 0 Å².